The van der Waals surface area contributed by atoms with Crippen LogP contribution in [0.1, 0.15) is 51.9 Å². The number of hydrogen-bond acceptors (Lipinski definition) is 3. The van der Waals surface area contributed by atoms with Gasteiger partial charge in [-0.05, 0) is 43.9 Å². The van der Waals surface area contributed by atoms with Gasteiger partial charge in [0, 0.05) is 31.5 Å². The molecule has 0 aromatic carbocycles. The van der Waals surface area contributed by atoms with Crippen LogP contribution in [0.25, 0.3) is 0 Å². The fourth-order valence-electron chi connectivity index (χ4n) is 3.44. The van der Waals surface area contributed by atoms with Crippen LogP contribution >= 0.6 is 0 Å². The van der Waals surface area contributed by atoms with E-state index in [0.29, 0.717) is 37.4 Å². The molecule has 2 saturated heterocycles. The van der Waals surface area contributed by atoms with E-state index in [2.05, 4.69) is 10.6 Å². The van der Waals surface area contributed by atoms with E-state index >= 15 is 0 Å². The molecule has 114 valence electrons. The Morgan fingerprint density at radius 2 is 1.95 bits per heavy atom. The number of nitrogens with one attached hydrogen (secondary N) is 2. The highest BCUT2D eigenvalue weighted by Crippen LogP contribution is 2.32. The van der Waals surface area contributed by atoms with Gasteiger partial charge in [-0.2, -0.15) is 0 Å². The number of carboxylic acid groups (broad SMARTS) is 1. The van der Waals surface area contributed by atoms with Crippen molar-refractivity contribution in [3.05, 3.63) is 0 Å². The predicted octanol–water partition coefficient (Wildman–Crippen LogP) is 1.52. The number of aliphatic carboxylic acids is 1. The van der Waals surface area contributed by atoms with Crippen molar-refractivity contribution in [3.63, 3.8) is 0 Å². The van der Waals surface area contributed by atoms with Crippen LogP contribution in [0.5, 0.6) is 0 Å². The zero-order valence-electron chi connectivity index (χ0n) is 12.2. The number of piperidine rings is 1. The van der Waals surface area contributed by atoms with E-state index in [0.717, 1.165) is 12.8 Å². The number of amides is 1. The lowest BCUT2D eigenvalue weighted by molar-refractivity contribution is -0.137. The summed E-state index contributed by atoms with van der Waals surface area (Å²) in [7, 11) is 0. The molecule has 2 bridgehead atoms. The van der Waals surface area contributed by atoms with Crippen LogP contribution in [-0.2, 0) is 9.59 Å². The Morgan fingerprint density at radius 3 is 2.55 bits per heavy atom. The Labute approximate surface area is 120 Å². The van der Waals surface area contributed by atoms with Crippen molar-refractivity contribution in [3.8, 4) is 0 Å². The first kappa shape index (κ1) is 15.3. The quantitative estimate of drug-likeness (QED) is 0.661. The molecule has 3 atom stereocenters. The Balaban J connectivity index is 1.61. The normalized spacial score (nSPS) is 29.9. The predicted molar refractivity (Wildman–Crippen MR) is 76.3 cm³/mol. The maximum absolute atomic E-state index is 11.9. The highest BCUT2D eigenvalue weighted by Gasteiger charge is 2.34. The summed E-state index contributed by atoms with van der Waals surface area (Å²) in [5.41, 5.74) is 0. The van der Waals surface area contributed by atoms with Crippen molar-refractivity contribution in [1.82, 2.24) is 10.6 Å². The molecule has 5 nitrogen and oxygen atoms in total. The van der Waals surface area contributed by atoms with Gasteiger partial charge >= 0.3 is 5.97 Å². The van der Waals surface area contributed by atoms with Crippen LogP contribution in [0.4, 0.5) is 0 Å². The largest absolute Gasteiger partial charge is 0.481 e. The molecule has 0 saturated carbocycles. The topological polar surface area (TPSA) is 78.4 Å². The standard InChI is InChI=1S/C15H26N2O3/c1-10(2-5-15(19)20)9-16-14(18)8-11-6-12-3-4-13(7-11)17-12/h10-13,17H,2-9H2,1H3,(H,16,18)(H,19,20). The van der Waals surface area contributed by atoms with E-state index in [-0.39, 0.29) is 18.2 Å². The average Bonchev–Trinajstić information content (AvgIpc) is 2.73. The Hall–Kier alpha value is -1.10. The van der Waals surface area contributed by atoms with Gasteiger partial charge in [-0.25, -0.2) is 0 Å². The molecule has 2 fully saturated rings. The highest BCUT2D eigenvalue weighted by atomic mass is 16.4. The molecule has 2 heterocycles. The summed E-state index contributed by atoms with van der Waals surface area (Å²) in [6.45, 7) is 2.57. The molecule has 0 spiro atoms. The Morgan fingerprint density at radius 1 is 1.30 bits per heavy atom. The first-order chi connectivity index (χ1) is 9.52. The molecule has 0 aromatic rings. The average molecular weight is 282 g/mol. The van der Waals surface area contributed by atoms with Crippen molar-refractivity contribution in [2.75, 3.05) is 6.54 Å². The third-order valence-electron chi connectivity index (χ3n) is 4.54. The summed E-state index contributed by atoms with van der Waals surface area (Å²) in [6.07, 6.45) is 6.18. The second-order valence-electron chi connectivity index (χ2n) is 6.52. The Bertz CT molecular complexity index is 347. The molecule has 0 aliphatic carbocycles. The van der Waals surface area contributed by atoms with Crippen molar-refractivity contribution >= 4 is 11.9 Å². The maximum Gasteiger partial charge on any atom is 0.303 e. The van der Waals surface area contributed by atoms with Crippen LogP contribution in [0.3, 0.4) is 0 Å². The van der Waals surface area contributed by atoms with E-state index < -0.39 is 5.97 Å². The number of hydrogen-bond donors (Lipinski definition) is 3. The molecule has 0 radical (unpaired) electrons. The fourth-order valence-corrected chi connectivity index (χ4v) is 3.44. The monoisotopic (exact) mass is 282 g/mol. The summed E-state index contributed by atoms with van der Waals surface area (Å²) >= 11 is 0. The first-order valence-corrected chi connectivity index (χ1v) is 7.77. The minimum Gasteiger partial charge on any atom is -0.481 e. The zero-order chi connectivity index (χ0) is 14.5. The van der Waals surface area contributed by atoms with Gasteiger partial charge in [0.2, 0.25) is 5.91 Å². The molecule has 3 N–H and O–H groups in total. The molecule has 2 aliphatic heterocycles. The third-order valence-corrected chi connectivity index (χ3v) is 4.54. The minimum atomic E-state index is -0.770. The zero-order valence-corrected chi connectivity index (χ0v) is 12.2. The SMILES string of the molecule is CC(CCC(=O)O)CNC(=O)CC1CC2CCC(C1)N2. The van der Waals surface area contributed by atoms with Gasteiger partial charge < -0.3 is 15.7 Å². The van der Waals surface area contributed by atoms with Crippen molar-refractivity contribution in [1.29, 1.82) is 0 Å². The lowest BCUT2D eigenvalue weighted by Gasteiger charge is -2.28. The van der Waals surface area contributed by atoms with Gasteiger partial charge in [0.15, 0.2) is 0 Å². The summed E-state index contributed by atoms with van der Waals surface area (Å²) in [6, 6.07) is 1.25. The molecule has 2 rings (SSSR count). The maximum atomic E-state index is 11.9. The summed E-state index contributed by atoms with van der Waals surface area (Å²) in [5, 5.41) is 15.2. The molecular weight excluding hydrogens is 256 g/mol. The van der Waals surface area contributed by atoms with Gasteiger partial charge in [0.1, 0.15) is 0 Å². The van der Waals surface area contributed by atoms with Crippen LogP contribution in [0, 0.1) is 11.8 Å². The van der Waals surface area contributed by atoms with Crippen LogP contribution in [0.2, 0.25) is 0 Å². The Kier molecular flexibility index (Phi) is 5.40. The molecular formula is C15H26N2O3. The second-order valence-corrected chi connectivity index (χ2v) is 6.52. The van der Waals surface area contributed by atoms with Gasteiger partial charge in [-0.15, -0.1) is 0 Å². The summed E-state index contributed by atoms with van der Waals surface area (Å²) in [4.78, 5) is 22.4. The number of carboxylic acids is 1. The van der Waals surface area contributed by atoms with Crippen molar-refractivity contribution < 1.29 is 14.7 Å². The van der Waals surface area contributed by atoms with Crippen LogP contribution in [-0.4, -0.2) is 35.6 Å². The number of carbonyl (C=O) groups excluding carboxylic acids is 1. The van der Waals surface area contributed by atoms with E-state index in [1.54, 1.807) is 0 Å². The fraction of sp³-hybridized carbons (Fsp3) is 0.867. The van der Waals surface area contributed by atoms with E-state index in [1.807, 2.05) is 6.92 Å². The molecule has 2 aliphatic rings. The van der Waals surface area contributed by atoms with Crippen LogP contribution in [0.15, 0.2) is 0 Å². The highest BCUT2D eigenvalue weighted by molar-refractivity contribution is 5.76. The lowest BCUT2D eigenvalue weighted by atomic mass is 9.89. The molecule has 0 aromatic heterocycles. The van der Waals surface area contributed by atoms with Crippen molar-refractivity contribution in [2.45, 2.75) is 64.0 Å². The van der Waals surface area contributed by atoms with Crippen molar-refractivity contribution in [2.24, 2.45) is 11.8 Å². The smallest absolute Gasteiger partial charge is 0.303 e. The van der Waals surface area contributed by atoms with Gasteiger partial charge in [0.25, 0.3) is 0 Å². The van der Waals surface area contributed by atoms with Gasteiger partial charge in [-0.1, -0.05) is 6.92 Å². The molecule has 20 heavy (non-hydrogen) atoms. The number of carbonyl (C=O) groups is 2. The molecule has 3 unspecified atom stereocenters. The van der Waals surface area contributed by atoms with Gasteiger partial charge in [-0.3, -0.25) is 9.59 Å². The third kappa shape index (κ3) is 4.78. The molecule has 1 amide bonds. The second kappa shape index (κ2) is 7.07. The van der Waals surface area contributed by atoms with E-state index in [4.69, 9.17) is 5.11 Å². The number of fused-ring (bicyclic) bond motifs is 2. The van der Waals surface area contributed by atoms with E-state index in [1.165, 1.54) is 12.8 Å². The minimum absolute atomic E-state index is 0.124. The summed E-state index contributed by atoms with van der Waals surface area (Å²) < 4.78 is 0. The van der Waals surface area contributed by atoms with Crippen LogP contribution < -0.4 is 10.6 Å². The lowest BCUT2D eigenvalue weighted by Crippen LogP contribution is -2.40. The van der Waals surface area contributed by atoms with Gasteiger partial charge in [0.05, 0.1) is 0 Å². The van der Waals surface area contributed by atoms with E-state index in [9.17, 15) is 9.59 Å². The molecule has 5 heteroatoms. The first-order valence-electron chi connectivity index (χ1n) is 7.77. The summed E-state index contributed by atoms with van der Waals surface area (Å²) in [5.74, 6) is 0.0918. The number of rotatable bonds is 7.